The number of aromatic amines is 1. The molecule has 5 N–H and O–H groups in total. The van der Waals surface area contributed by atoms with Gasteiger partial charge >= 0.3 is 0 Å². The van der Waals surface area contributed by atoms with Crippen molar-refractivity contribution >= 4 is 33.4 Å². The zero-order valence-corrected chi connectivity index (χ0v) is 13.9. The van der Waals surface area contributed by atoms with Crippen molar-refractivity contribution in [2.75, 3.05) is 18.9 Å². The summed E-state index contributed by atoms with van der Waals surface area (Å²) >= 11 is 0. The van der Waals surface area contributed by atoms with Crippen molar-refractivity contribution in [2.45, 2.75) is 0 Å². The van der Waals surface area contributed by atoms with E-state index in [1.54, 1.807) is 6.20 Å². The van der Waals surface area contributed by atoms with Gasteiger partial charge in [0.2, 0.25) is 0 Å². The van der Waals surface area contributed by atoms with Gasteiger partial charge in [0.05, 0.1) is 12.1 Å². The highest BCUT2D eigenvalue weighted by Gasteiger charge is 2.14. The first-order valence-corrected chi connectivity index (χ1v) is 8.19. The molecule has 0 fully saturated rings. The molecule has 130 valence electrons. The Bertz CT molecular complexity index is 1120. The van der Waals surface area contributed by atoms with Crippen LogP contribution < -0.4 is 11.1 Å². The number of pyridine rings is 1. The number of hydrogen-bond acceptors (Lipinski definition) is 5. The van der Waals surface area contributed by atoms with Crippen molar-refractivity contribution < 1.29 is 9.90 Å². The first-order chi connectivity index (χ1) is 12.7. The topological polar surface area (TPSA) is 117 Å². The molecule has 0 spiro atoms. The number of benzene rings is 2. The van der Waals surface area contributed by atoms with Gasteiger partial charge in [0.15, 0.2) is 5.69 Å². The van der Waals surface area contributed by atoms with Gasteiger partial charge in [0, 0.05) is 23.5 Å². The minimum absolute atomic E-state index is 0.119. The Balaban J connectivity index is 1.80. The Labute approximate surface area is 148 Å². The minimum atomic E-state index is -0.325. The highest BCUT2D eigenvalue weighted by atomic mass is 16.3. The van der Waals surface area contributed by atoms with E-state index in [1.165, 1.54) is 0 Å². The molecule has 0 aliphatic carbocycles. The molecule has 0 atom stereocenters. The van der Waals surface area contributed by atoms with Crippen molar-refractivity contribution in [3.05, 3.63) is 54.4 Å². The third-order valence-electron chi connectivity index (χ3n) is 4.31. The van der Waals surface area contributed by atoms with E-state index in [9.17, 15) is 4.79 Å². The standard InChI is InChI=1S/C19H17N5O2/c20-18-14-9-12(2-1-11(14)5-6-21-18)13-3-4-16-15(10-13)17(24-23-16)19(26)22-7-8-25/h1-6,9-10,25H,7-8H2,(H2,20,21)(H,22,26)(H,23,24). The van der Waals surface area contributed by atoms with E-state index in [4.69, 9.17) is 10.8 Å². The number of nitrogen functional groups attached to an aromatic ring is 1. The van der Waals surface area contributed by atoms with Gasteiger partial charge in [-0.25, -0.2) is 4.98 Å². The Kier molecular flexibility index (Phi) is 3.98. The van der Waals surface area contributed by atoms with Crippen LogP contribution >= 0.6 is 0 Å². The van der Waals surface area contributed by atoms with E-state index in [1.807, 2.05) is 42.5 Å². The van der Waals surface area contributed by atoms with Crippen molar-refractivity contribution in [3.8, 4) is 11.1 Å². The number of aliphatic hydroxyl groups excluding tert-OH is 1. The molecule has 4 aromatic rings. The van der Waals surface area contributed by atoms with Crippen LogP contribution in [-0.2, 0) is 0 Å². The molecule has 7 nitrogen and oxygen atoms in total. The van der Waals surface area contributed by atoms with E-state index in [0.29, 0.717) is 11.5 Å². The predicted octanol–water partition coefficient (Wildman–Crippen LogP) is 2.08. The van der Waals surface area contributed by atoms with E-state index in [-0.39, 0.29) is 19.1 Å². The summed E-state index contributed by atoms with van der Waals surface area (Å²) in [7, 11) is 0. The molecule has 1 amide bonds. The molecule has 2 aromatic carbocycles. The largest absolute Gasteiger partial charge is 0.395 e. The zero-order chi connectivity index (χ0) is 18.1. The fraction of sp³-hybridized carbons (Fsp3) is 0.105. The second-order valence-electron chi connectivity index (χ2n) is 5.94. The van der Waals surface area contributed by atoms with Crippen LogP contribution in [0.2, 0.25) is 0 Å². The average molecular weight is 347 g/mol. The highest BCUT2D eigenvalue weighted by molar-refractivity contribution is 6.06. The van der Waals surface area contributed by atoms with Crippen LogP contribution in [-0.4, -0.2) is 39.3 Å². The summed E-state index contributed by atoms with van der Waals surface area (Å²) in [6.07, 6.45) is 1.69. The van der Waals surface area contributed by atoms with Crippen LogP contribution in [0, 0.1) is 0 Å². The van der Waals surface area contributed by atoms with Crippen LogP contribution in [0.15, 0.2) is 48.7 Å². The molecular weight excluding hydrogens is 330 g/mol. The van der Waals surface area contributed by atoms with Crippen molar-refractivity contribution in [3.63, 3.8) is 0 Å². The van der Waals surface area contributed by atoms with E-state index in [2.05, 4.69) is 20.5 Å². The second-order valence-corrected chi connectivity index (χ2v) is 5.94. The summed E-state index contributed by atoms with van der Waals surface area (Å²) in [6.45, 7) is 0.0652. The van der Waals surface area contributed by atoms with Crippen LogP contribution in [0.5, 0.6) is 0 Å². The molecule has 0 unspecified atom stereocenters. The van der Waals surface area contributed by atoms with Gasteiger partial charge in [-0.3, -0.25) is 9.89 Å². The fourth-order valence-corrected chi connectivity index (χ4v) is 2.99. The Morgan fingerprint density at radius 3 is 2.69 bits per heavy atom. The fourth-order valence-electron chi connectivity index (χ4n) is 2.99. The molecule has 2 aromatic heterocycles. The van der Waals surface area contributed by atoms with Crippen molar-refractivity contribution in [2.24, 2.45) is 0 Å². The number of aromatic nitrogens is 3. The molecule has 0 radical (unpaired) electrons. The van der Waals surface area contributed by atoms with Crippen molar-refractivity contribution in [1.82, 2.24) is 20.5 Å². The van der Waals surface area contributed by atoms with Gasteiger partial charge < -0.3 is 16.2 Å². The summed E-state index contributed by atoms with van der Waals surface area (Å²) in [6, 6.07) is 13.7. The summed E-state index contributed by atoms with van der Waals surface area (Å²) in [4.78, 5) is 16.4. The number of rotatable bonds is 4. The van der Waals surface area contributed by atoms with Gasteiger partial charge in [-0.1, -0.05) is 18.2 Å². The van der Waals surface area contributed by atoms with Crippen LogP contribution in [0.1, 0.15) is 10.5 Å². The Morgan fingerprint density at radius 1 is 1.12 bits per heavy atom. The molecule has 4 rings (SSSR count). The lowest BCUT2D eigenvalue weighted by Crippen LogP contribution is -2.26. The number of nitrogens with two attached hydrogens (primary N) is 1. The number of anilines is 1. The number of nitrogens with one attached hydrogen (secondary N) is 2. The molecule has 0 saturated heterocycles. The molecule has 0 aliphatic heterocycles. The lowest BCUT2D eigenvalue weighted by molar-refractivity contribution is 0.0941. The third kappa shape index (κ3) is 2.74. The van der Waals surface area contributed by atoms with Crippen LogP contribution in [0.25, 0.3) is 32.8 Å². The molecule has 0 saturated carbocycles. The van der Waals surface area contributed by atoms with Gasteiger partial charge in [0.25, 0.3) is 5.91 Å². The maximum absolute atomic E-state index is 12.2. The Hall–Kier alpha value is -3.45. The maximum Gasteiger partial charge on any atom is 0.272 e. The zero-order valence-electron chi connectivity index (χ0n) is 13.9. The van der Waals surface area contributed by atoms with Gasteiger partial charge in [-0.2, -0.15) is 5.10 Å². The molecule has 2 heterocycles. The first-order valence-electron chi connectivity index (χ1n) is 8.19. The molecule has 0 aliphatic rings. The lowest BCUT2D eigenvalue weighted by Gasteiger charge is -2.06. The van der Waals surface area contributed by atoms with Gasteiger partial charge in [-0.05, 0) is 40.8 Å². The van der Waals surface area contributed by atoms with Crippen molar-refractivity contribution in [1.29, 1.82) is 0 Å². The second kappa shape index (κ2) is 6.45. The number of fused-ring (bicyclic) bond motifs is 2. The van der Waals surface area contributed by atoms with E-state index in [0.717, 1.165) is 32.8 Å². The minimum Gasteiger partial charge on any atom is -0.395 e. The average Bonchev–Trinajstić information content (AvgIpc) is 3.09. The number of amides is 1. The molecule has 26 heavy (non-hydrogen) atoms. The summed E-state index contributed by atoms with van der Waals surface area (Å²) < 4.78 is 0. The van der Waals surface area contributed by atoms with E-state index < -0.39 is 0 Å². The highest BCUT2D eigenvalue weighted by Crippen LogP contribution is 2.29. The van der Waals surface area contributed by atoms with Gasteiger partial charge in [0.1, 0.15) is 5.82 Å². The predicted molar refractivity (Wildman–Crippen MR) is 101 cm³/mol. The number of H-pyrrole nitrogens is 1. The monoisotopic (exact) mass is 347 g/mol. The molecular formula is C19H17N5O2. The maximum atomic E-state index is 12.2. The lowest BCUT2D eigenvalue weighted by atomic mass is 10.00. The number of nitrogens with zero attached hydrogens (tertiary/aromatic N) is 2. The normalized spacial score (nSPS) is 11.1. The summed E-state index contributed by atoms with van der Waals surface area (Å²) in [5, 5.41) is 21.1. The molecule has 0 bridgehead atoms. The Morgan fingerprint density at radius 2 is 1.88 bits per heavy atom. The first kappa shape index (κ1) is 16.0. The number of hydrogen-bond donors (Lipinski definition) is 4. The van der Waals surface area contributed by atoms with Crippen LogP contribution in [0.4, 0.5) is 5.82 Å². The SMILES string of the molecule is Nc1nccc2ccc(-c3ccc4[nH]nc(C(=O)NCCO)c4c3)cc12. The number of carbonyl (C=O) groups is 1. The third-order valence-corrected chi connectivity index (χ3v) is 4.31. The van der Waals surface area contributed by atoms with Crippen LogP contribution in [0.3, 0.4) is 0 Å². The quantitative estimate of drug-likeness (QED) is 0.451. The van der Waals surface area contributed by atoms with E-state index >= 15 is 0 Å². The summed E-state index contributed by atoms with van der Waals surface area (Å²) in [5.74, 6) is 0.159. The number of aliphatic hydroxyl groups is 1. The molecule has 7 heteroatoms. The number of carbonyl (C=O) groups excluding carboxylic acids is 1. The van der Waals surface area contributed by atoms with Gasteiger partial charge in [-0.15, -0.1) is 0 Å². The smallest absolute Gasteiger partial charge is 0.272 e. The summed E-state index contributed by atoms with van der Waals surface area (Å²) in [5.41, 5.74) is 8.98.